The van der Waals surface area contributed by atoms with E-state index in [-0.39, 0.29) is 64.4 Å². The minimum absolute atomic E-state index is 0.00345. The van der Waals surface area contributed by atoms with Crippen molar-refractivity contribution in [2.45, 2.75) is 155 Å². The summed E-state index contributed by atoms with van der Waals surface area (Å²) in [6.45, 7) is 9.93. The number of nitrogen functional groups attached to an aromatic ring is 1. The van der Waals surface area contributed by atoms with Crippen LogP contribution in [0.2, 0.25) is 0 Å². The van der Waals surface area contributed by atoms with Crippen LogP contribution in [-0.2, 0) is 35.6 Å². The third kappa shape index (κ3) is 21.8. The summed E-state index contributed by atoms with van der Waals surface area (Å²) in [5.74, 6) is -0.0880. The standard InChI is InChI=1S/C21H24BrF3N6O3.C21H27BrN6O3.C19H25BrN6O2/c1-12-14(3-2-4-16(12)22)10-27-20-28-11-17(31(33)34)18(30-20)26-9-13-5-7-15(8-6-13)29-19(32)21(23,24)25;1-13-16(4-3-5-18(13)22)11-24-21-25-12-19(28(30)31)20(27-21)23-10-15-6-8-17(9-7-15)26-14(2)29;1-11-13(3-2-4-15(11)20)10-23-19-24-16(17(26(27)28)18(22)25-19)9-12-5-7-14(21)8-6-12/h2-4,11,13,15H,5-10H2,1H3,(H,29,32)(H2,26,27,28,30);3-5,12,15,17H,6-11H2,1-2H3,(H,26,29)(H2,23,24,25,27);2-4,12,14H,5-10,21H2,1H3,(H3,22,23,24,25). The molecule has 0 bridgehead atoms. The van der Waals surface area contributed by atoms with E-state index in [1.807, 2.05) is 80.7 Å². The number of nitrogens with two attached hydrogens (primary N) is 2. The molecule has 11 N–H and O–H groups in total. The Labute approximate surface area is 560 Å². The summed E-state index contributed by atoms with van der Waals surface area (Å²) in [6.07, 6.45) is 7.42. The molecule has 0 spiro atoms. The first-order valence-corrected chi connectivity index (χ1v) is 32.8. The van der Waals surface area contributed by atoms with Crippen molar-refractivity contribution in [1.82, 2.24) is 40.5 Å². The number of carbonyl (C=O) groups is 2. The minimum Gasteiger partial charge on any atom is -0.378 e. The lowest BCUT2D eigenvalue weighted by molar-refractivity contribution is -0.385. The number of nitrogens with zero attached hydrogens (tertiary/aromatic N) is 9. The van der Waals surface area contributed by atoms with Crippen LogP contribution in [0.4, 0.5) is 65.5 Å². The second-order valence-electron chi connectivity index (χ2n) is 23.3. The number of nitrogens with one attached hydrogen (secondary N) is 7. The van der Waals surface area contributed by atoms with Gasteiger partial charge in [-0.05, 0) is 174 Å². The second-order valence-corrected chi connectivity index (χ2v) is 25.9. The van der Waals surface area contributed by atoms with E-state index < -0.39 is 32.9 Å². The molecule has 3 aromatic carbocycles. The Hall–Kier alpha value is -7.97. The fourth-order valence-corrected chi connectivity index (χ4v) is 12.4. The first-order chi connectivity index (χ1) is 44.2. The van der Waals surface area contributed by atoms with Gasteiger partial charge in [-0.15, -0.1) is 0 Å². The van der Waals surface area contributed by atoms with Crippen LogP contribution in [0.5, 0.6) is 0 Å². The smallest absolute Gasteiger partial charge is 0.378 e. The normalized spacial score (nSPS) is 18.6. The summed E-state index contributed by atoms with van der Waals surface area (Å²) >= 11 is 10.5. The van der Waals surface area contributed by atoms with E-state index in [4.69, 9.17) is 11.5 Å². The van der Waals surface area contributed by atoms with Gasteiger partial charge in [0.25, 0.3) is 0 Å². The van der Waals surface area contributed by atoms with E-state index in [0.717, 1.165) is 104 Å². The monoisotopic (exact) mass is 1480 g/mol. The molecule has 0 atom stereocenters. The molecule has 0 unspecified atom stereocenters. The maximum Gasteiger partial charge on any atom is 0.471 e. The van der Waals surface area contributed by atoms with Crippen molar-refractivity contribution in [2.24, 2.45) is 23.5 Å². The maximum absolute atomic E-state index is 12.4. The van der Waals surface area contributed by atoms with Gasteiger partial charge >= 0.3 is 29.1 Å². The fraction of sp³-hybridized carbons (Fsp3) is 0.475. The van der Waals surface area contributed by atoms with Crippen LogP contribution in [-0.4, -0.2) is 93.9 Å². The third-order valence-electron chi connectivity index (χ3n) is 16.7. The number of benzene rings is 3. The molecule has 0 radical (unpaired) electrons. The van der Waals surface area contributed by atoms with Crippen molar-refractivity contribution in [1.29, 1.82) is 0 Å². The SMILES string of the molecule is CC(=O)NC1CCC(CNc2nc(NCc3cccc(Br)c3C)ncc2[N+](=O)[O-])CC1.Cc1c(Br)cccc1CNc1nc(N)c([N+](=O)[O-])c(CC2CCC(N)CC2)n1.Cc1c(Br)cccc1CNc1ncc([N+](=O)[O-])c(NCC2CCC(NC(=O)C(F)(F)F)CC2)n1. The molecule has 6 aromatic rings. The van der Waals surface area contributed by atoms with E-state index in [1.165, 1.54) is 13.1 Å². The summed E-state index contributed by atoms with van der Waals surface area (Å²) in [5.41, 5.74) is 18.1. The van der Waals surface area contributed by atoms with Crippen LogP contribution in [0, 0.1) is 68.9 Å². The van der Waals surface area contributed by atoms with Gasteiger partial charge in [0, 0.05) is 71.2 Å². The van der Waals surface area contributed by atoms with Crippen molar-refractivity contribution in [3.05, 3.63) is 150 Å². The van der Waals surface area contributed by atoms with Gasteiger partial charge in [-0.2, -0.15) is 28.1 Å². The van der Waals surface area contributed by atoms with Crippen molar-refractivity contribution >= 4 is 112 Å². The number of alkyl halides is 3. The summed E-state index contributed by atoms with van der Waals surface area (Å²) < 4.78 is 40.3. The van der Waals surface area contributed by atoms with Crippen LogP contribution in [0.3, 0.4) is 0 Å². The molecule has 3 aliphatic rings. The average molecular weight is 1490 g/mol. The van der Waals surface area contributed by atoms with E-state index in [1.54, 1.807) is 0 Å². The lowest BCUT2D eigenvalue weighted by atomic mass is 9.83. The van der Waals surface area contributed by atoms with Gasteiger partial charge in [-0.1, -0.05) is 84.2 Å². The van der Waals surface area contributed by atoms with Gasteiger partial charge in [-0.25, -0.2) is 15.0 Å². The number of carbonyl (C=O) groups excluding carboxylic acids is 2. The Morgan fingerprint density at radius 1 is 0.559 bits per heavy atom. The molecule has 26 nitrogen and oxygen atoms in total. The number of rotatable bonds is 22. The summed E-state index contributed by atoms with van der Waals surface area (Å²) in [4.78, 5) is 80.4. The van der Waals surface area contributed by atoms with Crippen molar-refractivity contribution in [3.63, 3.8) is 0 Å². The molecule has 9 rings (SSSR count). The zero-order valence-corrected chi connectivity index (χ0v) is 56.5. The molecule has 3 saturated carbocycles. The predicted molar refractivity (Wildman–Crippen MR) is 359 cm³/mol. The van der Waals surface area contributed by atoms with Gasteiger partial charge in [0.15, 0.2) is 0 Å². The summed E-state index contributed by atoms with van der Waals surface area (Å²) in [7, 11) is 0. The molecule has 500 valence electrons. The highest BCUT2D eigenvalue weighted by molar-refractivity contribution is 9.11. The van der Waals surface area contributed by atoms with E-state index in [2.05, 4.69) is 110 Å². The van der Waals surface area contributed by atoms with Crippen molar-refractivity contribution < 1.29 is 37.5 Å². The Morgan fingerprint density at radius 3 is 1.34 bits per heavy atom. The second kappa shape index (κ2) is 34.3. The Bertz CT molecular complexity index is 3590. The van der Waals surface area contributed by atoms with E-state index in [0.29, 0.717) is 94.3 Å². The Kier molecular flexibility index (Phi) is 26.7. The topological polar surface area (TPSA) is 377 Å². The molecule has 0 aliphatic heterocycles. The highest BCUT2D eigenvalue weighted by atomic mass is 79.9. The minimum atomic E-state index is -4.90. The average Bonchev–Trinajstić information content (AvgIpc) is 0.861. The molecule has 93 heavy (non-hydrogen) atoms. The molecular weight excluding hydrogens is 1410 g/mol. The van der Waals surface area contributed by atoms with E-state index in [9.17, 15) is 53.1 Å². The number of hydrogen-bond donors (Lipinski definition) is 9. The molecule has 3 aliphatic carbocycles. The molecule has 3 fully saturated rings. The maximum atomic E-state index is 12.4. The molecule has 2 amide bonds. The zero-order chi connectivity index (χ0) is 67.5. The van der Waals surface area contributed by atoms with Crippen LogP contribution >= 0.6 is 47.8 Å². The predicted octanol–water partition coefficient (Wildman–Crippen LogP) is 12.6. The highest BCUT2D eigenvalue weighted by Gasteiger charge is 2.40. The quantitative estimate of drug-likeness (QED) is 0.0225. The number of hydrogen-bond acceptors (Lipinski definition) is 21. The van der Waals surface area contributed by atoms with Gasteiger partial charge < -0.3 is 48.7 Å². The molecule has 32 heteroatoms. The van der Waals surface area contributed by atoms with Gasteiger partial charge in [0.05, 0.1) is 14.8 Å². The van der Waals surface area contributed by atoms with Crippen LogP contribution in [0.25, 0.3) is 0 Å². The summed E-state index contributed by atoms with van der Waals surface area (Å²) in [5, 5.41) is 54.8. The van der Waals surface area contributed by atoms with Gasteiger partial charge in [-0.3, -0.25) is 39.9 Å². The fourth-order valence-electron chi connectivity index (χ4n) is 11.2. The Balaban J connectivity index is 0.000000198. The lowest BCUT2D eigenvalue weighted by Gasteiger charge is -2.29. The molecule has 0 saturated heterocycles. The third-order valence-corrected chi connectivity index (χ3v) is 19.3. The Morgan fingerprint density at radius 2 is 0.957 bits per heavy atom. The van der Waals surface area contributed by atoms with Crippen LogP contribution < -0.4 is 48.7 Å². The number of nitro groups is 3. The molecule has 3 heterocycles. The number of anilines is 6. The largest absolute Gasteiger partial charge is 0.471 e. The van der Waals surface area contributed by atoms with Crippen molar-refractivity contribution in [3.8, 4) is 0 Å². The highest BCUT2D eigenvalue weighted by Crippen LogP contribution is 2.34. The summed E-state index contributed by atoms with van der Waals surface area (Å²) in [6, 6.07) is 17.6. The lowest BCUT2D eigenvalue weighted by Crippen LogP contribution is -2.44. The molecule has 3 aromatic heterocycles. The van der Waals surface area contributed by atoms with Crippen LogP contribution in [0.1, 0.15) is 123 Å². The first kappa shape index (κ1) is 72.5. The van der Waals surface area contributed by atoms with Crippen molar-refractivity contribution in [2.75, 3.05) is 45.4 Å². The number of halogens is 6. The zero-order valence-electron chi connectivity index (χ0n) is 51.8. The van der Waals surface area contributed by atoms with Crippen LogP contribution in [0.15, 0.2) is 80.4 Å². The number of amides is 2. The first-order valence-electron chi connectivity index (χ1n) is 30.4. The van der Waals surface area contributed by atoms with Gasteiger partial charge in [0.2, 0.25) is 41.2 Å². The molecular formula is C61H76Br3F3N18O8. The van der Waals surface area contributed by atoms with Gasteiger partial charge in [0.1, 0.15) is 18.1 Å². The number of aromatic nitrogens is 6. The van der Waals surface area contributed by atoms with E-state index >= 15 is 0 Å².